The van der Waals surface area contributed by atoms with Gasteiger partial charge in [-0.15, -0.1) is 0 Å². The SMILES string of the molecule is CC1(NCCn2cccn2)CC1. The third-order valence-corrected chi connectivity index (χ3v) is 2.45. The van der Waals surface area contributed by atoms with Crippen LogP contribution >= 0.6 is 0 Å². The molecule has 1 saturated carbocycles. The van der Waals surface area contributed by atoms with E-state index in [9.17, 15) is 0 Å². The van der Waals surface area contributed by atoms with E-state index < -0.39 is 0 Å². The highest BCUT2D eigenvalue weighted by molar-refractivity contribution is 4.97. The van der Waals surface area contributed by atoms with Gasteiger partial charge in [-0.1, -0.05) is 0 Å². The van der Waals surface area contributed by atoms with E-state index in [0.29, 0.717) is 5.54 Å². The van der Waals surface area contributed by atoms with E-state index in [2.05, 4.69) is 17.3 Å². The van der Waals surface area contributed by atoms with Crippen molar-refractivity contribution >= 4 is 0 Å². The van der Waals surface area contributed by atoms with E-state index in [-0.39, 0.29) is 0 Å². The Hall–Kier alpha value is -0.830. The molecule has 1 heterocycles. The molecule has 1 N–H and O–H groups in total. The fourth-order valence-corrected chi connectivity index (χ4v) is 1.27. The summed E-state index contributed by atoms with van der Waals surface area (Å²) in [6.45, 7) is 4.27. The van der Waals surface area contributed by atoms with Crippen LogP contribution in [0.4, 0.5) is 0 Å². The van der Waals surface area contributed by atoms with Crippen LogP contribution in [0.1, 0.15) is 19.8 Å². The zero-order valence-electron chi connectivity index (χ0n) is 7.45. The van der Waals surface area contributed by atoms with E-state index >= 15 is 0 Å². The molecule has 1 aliphatic carbocycles. The normalized spacial score (nSPS) is 19.4. The average molecular weight is 165 g/mol. The van der Waals surface area contributed by atoms with E-state index in [1.165, 1.54) is 12.8 Å². The fraction of sp³-hybridized carbons (Fsp3) is 0.667. The van der Waals surface area contributed by atoms with Crippen molar-refractivity contribution in [1.82, 2.24) is 15.1 Å². The molecule has 0 atom stereocenters. The van der Waals surface area contributed by atoms with Crippen LogP contribution in [0.5, 0.6) is 0 Å². The minimum absolute atomic E-state index is 0.452. The van der Waals surface area contributed by atoms with Crippen molar-refractivity contribution in [3.63, 3.8) is 0 Å². The Morgan fingerprint density at radius 3 is 3.00 bits per heavy atom. The molecule has 66 valence electrons. The Morgan fingerprint density at radius 1 is 1.58 bits per heavy atom. The summed E-state index contributed by atoms with van der Waals surface area (Å²) in [6, 6.07) is 1.96. The van der Waals surface area contributed by atoms with Crippen molar-refractivity contribution in [2.24, 2.45) is 0 Å². The van der Waals surface area contributed by atoms with Gasteiger partial charge in [-0.2, -0.15) is 5.10 Å². The maximum Gasteiger partial charge on any atom is 0.0534 e. The quantitative estimate of drug-likeness (QED) is 0.722. The minimum atomic E-state index is 0.452. The van der Waals surface area contributed by atoms with Crippen molar-refractivity contribution in [2.75, 3.05) is 6.54 Å². The fourth-order valence-electron chi connectivity index (χ4n) is 1.27. The number of nitrogens with zero attached hydrogens (tertiary/aromatic N) is 2. The summed E-state index contributed by atoms with van der Waals surface area (Å²) in [4.78, 5) is 0. The Morgan fingerprint density at radius 2 is 2.42 bits per heavy atom. The van der Waals surface area contributed by atoms with Crippen molar-refractivity contribution < 1.29 is 0 Å². The van der Waals surface area contributed by atoms with Gasteiger partial charge in [0, 0.05) is 24.5 Å². The third kappa shape index (κ3) is 1.85. The zero-order valence-corrected chi connectivity index (χ0v) is 7.45. The Kier molecular flexibility index (Phi) is 1.89. The summed E-state index contributed by atoms with van der Waals surface area (Å²) in [5.41, 5.74) is 0.452. The summed E-state index contributed by atoms with van der Waals surface area (Å²) in [5.74, 6) is 0. The zero-order chi connectivity index (χ0) is 8.44. The highest BCUT2D eigenvalue weighted by Gasteiger charge is 2.35. The molecule has 0 radical (unpaired) electrons. The van der Waals surface area contributed by atoms with E-state index in [4.69, 9.17) is 0 Å². The molecule has 12 heavy (non-hydrogen) atoms. The number of nitrogens with one attached hydrogen (secondary N) is 1. The highest BCUT2D eigenvalue weighted by Crippen LogP contribution is 2.33. The van der Waals surface area contributed by atoms with Gasteiger partial charge in [-0.05, 0) is 25.8 Å². The smallest absolute Gasteiger partial charge is 0.0534 e. The van der Waals surface area contributed by atoms with Gasteiger partial charge in [0.15, 0.2) is 0 Å². The first-order valence-electron chi connectivity index (χ1n) is 4.51. The van der Waals surface area contributed by atoms with Gasteiger partial charge >= 0.3 is 0 Å². The number of hydrogen-bond donors (Lipinski definition) is 1. The molecule has 0 spiro atoms. The van der Waals surface area contributed by atoms with E-state index in [1.807, 2.05) is 23.1 Å². The van der Waals surface area contributed by atoms with Crippen LogP contribution in [0, 0.1) is 0 Å². The summed E-state index contributed by atoms with van der Waals surface area (Å²) in [6.07, 6.45) is 6.47. The maximum absolute atomic E-state index is 4.13. The van der Waals surface area contributed by atoms with Gasteiger partial charge < -0.3 is 5.32 Å². The highest BCUT2D eigenvalue weighted by atomic mass is 15.3. The molecule has 0 unspecified atom stereocenters. The lowest BCUT2D eigenvalue weighted by Gasteiger charge is -2.10. The number of aromatic nitrogens is 2. The lowest BCUT2D eigenvalue weighted by Crippen LogP contribution is -2.30. The molecule has 0 aromatic carbocycles. The standard InChI is InChI=1S/C9H15N3/c1-9(3-4-9)10-6-8-12-7-2-5-11-12/h2,5,7,10H,3-4,6,8H2,1H3. The molecular formula is C9H15N3. The Balaban J connectivity index is 1.69. The van der Waals surface area contributed by atoms with Gasteiger partial charge in [0.1, 0.15) is 0 Å². The van der Waals surface area contributed by atoms with Crippen LogP contribution in [0.25, 0.3) is 0 Å². The molecule has 1 aliphatic rings. The Labute approximate surface area is 72.8 Å². The van der Waals surface area contributed by atoms with E-state index in [1.54, 1.807) is 0 Å². The van der Waals surface area contributed by atoms with Crippen LogP contribution in [-0.2, 0) is 6.54 Å². The van der Waals surface area contributed by atoms with Crippen molar-refractivity contribution in [2.45, 2.75) is 31.8 Å². The van der Waals surface area contributed by atoms with E-state index in [0.717, 1.165) is 13.1 Å². The molecule has 0 aliphatic heterocycles. The second kappa shape index (κ2) is 2.90. The third-order valence-electron chi connectivity index (χ3n) is 2.45. The molecular weight excluding hydrogens is 150 g/mol. The van der Waals surface area contributed by atoms with Crippen LogP contribution in [-0.4, -0.2) is 21.9 Å². The minimum Gasteiger partial charge on any atom is -0.310 e. The van der Waals surface area contributed by atoms with Crippen molar-refractivity contribution in [3.8, 4) is 0 Å². The summed E-state index contributed by atoms with van der Waals surface area (Å²) < 4.78 is 1.96. The maximum atomic E-state index is 4.13. The van der Waals surface area contributed by atoms with Crippen LogP contribution in [0.15, 0.2) is 18.5 Å². The van der Waals surface area contributed by atoms with Crippen molar-refractivity contribution in [3.05, 3.63) is 18.5 Å². The second-order valence-corrected chi connectivity index (χ2v) is 3.76. The molecule has 3 heteroatoms. The lowest BCUT2D eigenvalue weighted by molar-refractivity contribution is 0.486. The van der Waals surface area contributed by atoms with Crippen LogP contribution in [0.3, 0.4) is 0 Å². The first-order valence-corrected chi connectivity index (χ1v) is 4.51. The summed E-state index contributed by atoms with van der Waals surface area (Å²) in [5, 5.41) is 7.64. The molecule has 0 amide bonds. The van der Waals surface area contributed by atoms with Gasteiger partial charge in [-0.25, -0.2) is 0 Å². The molecule has 1 aromatic rings. The Bertz CT molecular complexity index is 236. The van der Waals surface area contributed by atoms with Gasteiger partial charge in [0.25, 0.3) is 0 Å². The topological polar surface area (TPSA) is 29.9 Å². The molecule has 0 bridgehead atoms. The lowest BCUT2D eigenvalue weighted by atomic mass is 10.3. The van der Waals surface area contributed by atoms with Gasteiger partial charge in [0.2, 0.25) is 0 Å². The molecule has 2 rings (SSSR count). The van der Waals surface area contributed by atoms with Gasteiger partial charge in [-0.3, -0.25) is 4.68 Å². The monoisotopic (exact) mass is 165 g/mol. The predicted octanol–water partition coefficient (Wildman–Crippen LogP) is 1.03. The molecule has 1 aromatic heterocycles. The van der Waals surface area contributed by atoms with Crippen LogP contribution in [0.2, 0.25) is 0 Å². The number of rotatable bonds is 4. The second-order valence-electron chi connectivity index (χ2n) is 3.76. The van der Waals surface area contributed by atoms with Gasteiger partial charge in [0.05, 0.1) is 6.54 Å². The van der Waals surface area contributed by atoms with Crippen LogP contribution < -0.4 is 5.32 Å². The number of hydrogen-bond acceptors (Lipinski definition) is 2. The average Bonchev–Trinajstić information content (AvgIpc) is 2.61. The molecule has 3 nitrogen and oxygen atoms in total. The first-order chi connectivity index (χ1) is 5.79. The summed E-state index contributed by atoms with van der Waals surface area (Å²) in [7, 11) is 0. The summed E-state index contributed by atoms with van der Waals surface area (Å²) >= 11 is 0. The molecule has 1 fully saturated rings. The predicted molar refractivity (Wildman–Crippen MR) is 47.9 cm³/mol. The first kappa shape index (κ1) is 7.80. The molecule has 0 saturated heterocycles. The largest absolute Gasteiger partial charge is 0.310 e. The van der Waals surface area contributed by atoms with Crippen molar-refractivity contribution in [1.29, 1.82) is 0 Å².